The Kier molecular flexibility index (Phi) is 5.26. The third-order valence-electron chi connectivity index (χ3n) is 2.83. The van der Waals surface area contributed by atoms with E-state index in [2.05, 4.69) is 37.1 Å². The smallest absolute Gasteiger partial charge is 0.275 e. The zero-order valence-electron chi connectivity index (χ0n) is 13.3. The highest BCUT2D eigenvalue weighted by Crippen LogP contribution is 2.33. The van der Waals surface area contributed by atoms with Crippen LogP contribution in [0.4, 0.5) is 5.69 Å². The fraction of sp³-hybridized carbons (Fsp3) is 0.375. The molecule has 0 saturated heterocycles. The highest BCUT2D eigenvalue weighted by Gasteiger charge is 2.14. The summed E-state index contributed by atoms with van der Waals surface area (Å²) < 4.78 is 0.163. The number of thiazole rings is 1. The number of benzene rings is 1. The molecule has 0 aliphatic carbocycles. The fourth-order valence-corrected chi connectivity index (χ4v) is 3.62. The van der Waals surface area contributed by atoms with Gasteiger partial charge in [-0.1, -0.05) is 20.8 Å². The summed E-state index contributed by atoms with van der Waals surface area (Å²) in [5.41, 5.74) is 7.79. The topological polar surface area (TPSA) is 68.0 Å². The van der Waals surface area contributed by atoms with Gasteiger partial charge in [-0.3, -0.25) is 4.79 Å². The van der Waals surface area contributed by atoms with E-state index in [0.717, 1.165) is 16.3 Å². The maximum Gasteiger partial charge on any atom is 0.275 e. The van der Waals surface area contributed by atoms with Crippen LogP contribution < -0.4 is 11.1 Å². The molecule has 0 aliphatic rings. The normalized spacial score (nSPS) is 11.5. The molecule has 0 bridgehead atoms. The van der Waals surface area contributed by atoms with Gasteiger partial charge in [-0.25, -0.2) is 4.98 Å². The van der Waals surface area contributed by atoms with Gasteiger partial charge in [-0.2, -0.15) is 0 Å². The molecule has 6 heteroatoms. The molecule has 2 rings (SSSR count). The van der Waals surface area contributed by atoms with E-state index >= 15 is 0 Å². The van der Waals surface area contributed by atoms with Crippen molar-refractivity contribution in [2.45, 2.75) is 43.9 Å². The molecule has 1 aromatic carbocycles. The quantitative estimate of drug-likeness (QED) is 0.827. The Labute approximate surface area is 139 Å². The molecule has 0 unspecified atom stereocenters. The van der Waals surface area contributed by atoms with Crippen LogP contribution in [0.5, 0.6) is 0 Å². The third-order valence-corrected chi connectivity index (χ3v) is 4.80. The maximum absolute atomic E-state index is 12.2. The number of thioether (sulfide) groups is 1. The minimum atomic E-state index is -0.199. The van der Waals surface area contributed by atoms with Gasteiger partial charge in [0.1, 0.15) is 10.7 Å². The average Bonchev–Trinajstić information content (AvgIpc) is 2.89. The zero-order chi connectivity index (χ0) is 16.3. The van der Waals surface area contributed by atoms with Crippen molar-refractivity contribution in [3.63, 3.8) is 0 Å². The van der Waals surface area contributed by atoms with E-state index in [9.17, 15) is 4.79 Å². The van der Waals surface area contributed by atoms with Crippen molar-refractivity contribution in [3.8, 4) is 0 Å². The third kappa shape index (κ3) is 4.56. The van der Waals surface area contributed by atoms with Gasteiger partial charge >= 0.3 is 0 Å². The summed E-state index contributed by atoms with van der Waals surface area (Å²) in [5.74, 6) is -0.199. The second kappa shape index (κ2) is 6.81. The van der Waals surface area contributed by atoms with Gasteiger partial charge < -0.3 is 11.1 Å². The van der Waals surface area contributed by atoms with E-state index in [-0.39, 0.29) is 10.7 Å². The van der Waals surface area contributed by atoms with Crippen LogP contribution in [0.3, 0.4) is 0 Å². The number of nitrogens with zero attached hydrogens (tertiary/aromatic N) is 1. The second-order valence-electron chi connectivity index (χ2n) is 5.98. The molecular weight excluding hydrogens is 314 g/mol. The number of carbonyl (C=O) groups excluding carboxylic acids is 1. The average molecular weight is 335 g/mol. The molecular formula is C16H21N3OS2. The van der Waals surface area contributed by atoms with Gasteiger partial charge in [-0.05, 0) is 30.7 Å². The molecule has 0 atom stereocenters. The zero-order valence-corrected chi connectivity index (χ0v) is 14.9. The standard InChI is InChI=1S/C16H21N3OS2/c1-10-7-11(22-16(2,3)4)5-6-12(10)19-15(20)13-9-21-14(8-17)18-13/h5-7,9H,8,17H2,1-4H3,(H,19,20). The molecule has 0 aliphatic heterocycles. The number of hydrogen-bond acceptors (Lipinski definition) is 5. The van der Waals surface area contributed by atoms with Crippen molar-refractivity contribution >= 4 is 34.7 Å². The van der Waals surface area contributed by atoms with Gasteiger partial charge in [0.05, 0.1) is 0 Å². The number of anilines is 1. The second-order valence-corrected chi connectivity index (χ2v) is 8.82. The molecule has 1 amide bonds. The monoisotopic (exact) mass is 335 g/mol. The maximum atomic E-state index is 12.2. The Morgan fingerprint density at radius 2 is 2.14 bits per heavy atom. The first-order valence-corrected chi connectivity index (χ1v) is 8.73. The van der Waals surface area contributed by atoms with Gasteiger partial charge in [0.2, 0.25) is 0 Å². The first kappa shape index (κ1) is 17.0. The van der Waals surface area contributed by atoms with Gasteiger partial charge in [-0.15, -0.1) is 23.1 Å². The first-order chi connectivity index (χ1) is 10.3. The molecule has 0 saturated carbocycles. The number of rotatable bonds is 4. The predicted molar refractivity (Wildman–Crippen MR) is 94.7 cm³/mol. The molecule has 0 spiro atoms. The number of aromatic nitrogens is 1. The highest BCUT2D eigenvalue weighted by molar-refractivity contribution is 8.00. The van der Waals surface area contributed by atoms with Crippen LogP contribution in [0, 0.1) is 6.92 Å². The van der Waals surface area contributed by atoms with E-state index < -0.39 is 0 Å². The van der Waals surface area contributed by atoms with Crippen molar-refractivity contribution in [3.05, 3.63) is 39.8 Å². The van der Waals surface area contributed by atoms with Crippen molar-refractivity contribution in [1.29, 1.82) is 0 Å². The van der Waals surface area contributed by atoms with Crippen LogP contribution in [0.15, 0.2) is 28.5 Å². The highest BCUT2D eigenvalue weighted by atomic mass is 32.2. The van der Waals surface area contributed by atoms with Gasteiger partial charge in [0, 0.05) is 27.3 Å². The van der Waals surface area contributed by atoms with Crippen molar-refractivity contribution in [1.82, 2.24) is 4.98 Å². The van der Waals surface area contributed by atoms with Crippen LogP contribution in [-0.2, 0) is 6.54 Å². The van der Waals surface area contributed by atoms with E-state index in [4.69, 9.17) is 5.73 Å². The SMILES string of the molecule is Cc1cc(SC(C)(C)C)ccc1NC(=O)c1csc(CN)n1. The summed E-state index contributed by atoms with van der Waals surface area (Å²) in [7, 11) is 0. The molecule has 118 valence electrons. The van der Waals surface area contributed by atoms with E-state index in [1.165, 1.54) is 16.2 Å². The lowest BCUT2D eigenvalue weighted by Gasteiger charge is -2.18. The molecule has 0 fully saturated rings. The summed E-state index contributed by atoms with van der Waals surface area (Å²) >= 11 is 3.21. The number of carbonyl (C=O) groups is 1. The first-order valence-electron chi connectivity index (χ1n) is 7.04. The molecule has 4 nitrogen and oxygen atoms in total. The minimum absolute atomic E-state index is 0.163. The summed E-state index contributed by atoms with van der Waals surface area (Å²) in [6.07, 6.45) is 0. The number of hydrogen-bond donors (Lipinski definition) is 2. The predicted octanol–water partition coefficient (Wildman–Crippen LogP) is 4.05. The van der Waals surface area contributed by atoms with Crippen LogP contribution in [0.1, 0.15) is 41.8 Å². The fourth-order valence-electron chi connectivity index (χ4n) is 1.89. The number of nitrogens with two attached hydrogens (primary N) is 1. The molecule has 3 N–H and O–H groups in total. The molecule has 1 aromatic heterocycles. The Hall–Kier alpha value is -1.37. The van der Waals surface area contributed by atoms with Gasteiger partial charge in [0.15, 0.2) is 0 Å². The van der Waals surface area contributed by atoms with Crippen molar-refractivity contribution < 1.29 is 4.79 Å². The molecule has 2 aromatic rings. The molecule has 0 radical (unpaired) electrons. The summed E-state index contributed by atoms with van der Waals surface area (Å²) in [4.78, 5) is 17.6. The Bertz CT molecular complexity index is 674. The summed E-state index contributed by atoms with van der Waals surface area (Å²) in [5, 5.41) is 5.40. The number of aryl methyl sites for hydroxylation is 1. The summed E-state index contributed by atoms with van der Waals surface area (Å²) in [6.45, 7) is 8.89. The van der Waals surface area contributed by atoms with Crippen LogP contribution in [0.25, 0.3) is 0 Å². The van der Waals surface area contributed by atoms with Crippen LogP contribution in [-0.4, -0.2) is 15.6 Å². The number of nitrogens with one attached hydrogen (secondary N) is 1. The molecule has 1 heterocycles. The van der Waals surface area contributed by atoms with Crippen molar-refractivity contribution in [2.75, 3.05) is 5.32 Å². The van der Waals surface area contributed by atoms with E-state index in [1.54, 1.807) is 5.38 Å². The van der Waals surface area contributed by atoms with E-state index in [0.29, 0.717) is 12.2 Å². The van der Waals surface area contributed by atoms with Crippen LogP contribution in [0.2, 0.25) is 0 Å². The van der Waals surface area contributed by atoms with E-state index in [1.807, 2.05) is 30.8 Å². The molecule has 22 heavy (non-hydrogen) atoms. The largest absolute Gasteiger partial charge is 0.325 e. The Morgan fingerprint density at radius 3 is 2.68 bits per heavy atom. The lowest BCUT2D eigenvalue weighted by atomic mass is 10.2. The summed E-state index contributed by atoms with van der Waals surface area (Å²) in [6, 6.07) is 6.07. The van der Waals surface area contributed by atoms with Gasteiger partial charge in [0.25, 0.3) is 5.91 Å². The lowest BCUT2D eigenvalue weighted by molar-refractivity contribution is 0.102. The Balaban J connectivity index is 2.11. The number of amides is 1. The Morgan fingerprint density at radius 1 is 1.41 bits per heavy atom. The minimum Gasteiger partial charge on any atom is -0.325 e. The van der Waals surface area contributed by atoms with Crippen molar-refractivity contribution in [2.24, 2.45) is 5.73 Å². The van der Waals surface area contributed by atoms with Crippen LogP contribution >= 0.6 is 23.1 Å². The lowest BCUT2D eigenvalue weighted by Crippen LogP contribution is -2.13.